The minimum Gasteiger partial charge on any atom is -0.506 e. The van der Waals surface area contributed by atoms with Crippen molar-refractivity contribution in [1.82, 2.24) is 0 Å². The number of nitrogens with two attached hydrogens (primary N) is 1. The summed E-state index contributed by atoms with van der Waals surface area (Å²) in [7, 11) is -8.21. The van der Waals surface area contributed by atoms with Crippen molar-refractivity contribution in [2.45, 2.75) is 4.90 Å². The van der Waals surface area contributed by atoms with Gasteiger partial charge >= 0.3 is 0 Å². The molecule has 0 spiro atoms. The summed E-state index contributed by atoms with van der Waals surface area (Å²) in [6, 6.07) is 3.22. The summed E-state index contributed by atoms with van der Waals surface area (Å²) < 4.78 is 52.6. The van der Waals surface area contributed by atoms with Crippen molar-refractivity contribution >= 4 is 25.6 Å². The fraction of sp³-hybridized carbons (Fsp3) is 0.250. The van der Waals surface area contributed by atoms with Gasteiger partial charge in [-0.25, -0.2) is 8.42 Å². The van der Waals surface area contributed by atoms with E-state index < -0.39 is 31.5 Å². The molecule has 0 aliphatic heterocycles. The van der Waals surface area contributed by atoms with Crippen LogP contribution in [0, 0.1) is 0 Å². The van der Waals surface area contributed by atoms with Crippen molar-refractivity contribution < 1.29 is 26.5 Å². The Kier molecular flexibility index (Phi) is 3.65. The Morgan fingerprint density at radius 3 is 2.18 bits per heavy atom. The molecule has 0 radical (unpaired) electrons. The molecule has 0 aromatic heterocycles. The van der Waals surface area contributed by atoms with Gasteiger partial charge in [-0.2, -0.15) is 8.42 Å². The quantitative estimate of drug-likeness (QED) is 0.389. The molecule has 0 aliphatic carbocycles. The monoisotopic (exact) mass is 281 g/mol. The number of phenolic OH excluding ortho intramolecular Hbond substituents is 1. The maximum Gasteiger partial charge on any atom is 0.265 e. The second kappa shape index (κ2) is 4.51. The van der Waals surface area contributed by atoms with Crippen molar-refractivity contribution in [2.24, 2.45) is 0 Å². The van der Waals surface area contributed by atoms with Crippen LogP contribution in [0.15, 0.2) is 23.1 Å². The SMILES string of the molecule is Nc1cc(S(=O)(=O)CCS(=O)(=O)O)ccc1O. The van der Waals surface area contributed by atoms with Gasteiger partial charge in [-0.1, -0.05) is 0 Å². The van der Waals surface area contributed by atoms with Crippen molar-refractivity contribution in [3.63, 3.8) is 0 Å². The third-order valence-electron chi connectivity index (χ3n) is 1.97. The molecule has 1 rings (SSSR count). The van der Waals surface area contributed by atoms with E-state index in [1.165, 1.54) is 0 Å². The number of phenols is 1. The molecule has 4 N–H and O–H groups in total. The van der Waals surface area contributed by atoms with Crippen LogP contribution in [0.4, 0.5) is 5.69 Å². The third-order valence-corrected chi connectivity index (χ3v) is 4.66. The van der Waals surface area contributed by atoms with Gasteiger partial charge in [0.05, 0.1) is 22.1 Å². The first-order valence-electron chi connectivity index (χ1n) is 4.38. The standard InChI is InChI=1S/C8H11NO6S2/c9-7-5-6(1-2-8(7)10)16(11,12)3-4-17(13,14)15/h1-2,5,10H,3-4,9H2,(H,13,14,15). The Morgan fingerprint density at radius 1 is 1.12 bits per heavy atom. The van der Waals surface area contributed by atoms with E-state index in [-0.39, 0.29) is 16.3 Å². The van der Waals surface area contributed by atoms with Crippen molar-refractivity contribution in [1.29, 1.82) is 0 Å². The van der Waals surface area contributed by atoms with E-state index in [2.05, 4.69) is 0 Å². The van der Waals surface area contributed by atoms with Crippen LogP contribution in [0.3, 0.4) is 0 Å². The predicted molar refractivity (Wildman–Crippen MR) is 61.0 cm³/mol. The summed E-state index contributed by atoms with van der Waals surface area (Å²) in [5.41, 5.74) is 5.19. The number of nitrogen functional groups attached to an aromatic ring is 1. The van der Waals surface area contributed by atoms with Gasteiger partial charge in [0.15, 0.2) is 9.84 Å². The molecule has 17 heavy (non-hydrogen) atoms. The molecule has 0 heterocycles. The maximum absolute atomic E-state index is 11.6. The molecule has 1 aromatic carbocycles. The topological polar surface area (TPSA) is 135 Å². The van der Waals surface area contributed by atoms with Gasteiger partial charge in [0, 0.05) is 0 Å². The normalized spacial score (nSPS) is 12.5. The molecular formula is C8H11NO6S2. The molecule has 0 saturated heterocycles. The average molecular weight is 281 g/mol. The van der Waals surface area contributed by atoms with E-state index in [0.717, 1.165) is 18.2 Å². The molecule has 96 valence electrons. The Balaban J connectivity index is 3.02. The number of rotatable bonds is 4. The third kappa shape index (κ3) is 3.88. The van der Waals surface area contributed by atoms with Gasteiger partial charge in [-0.15, -0.1) is 0 Å². The second-order valence-corrected chi connectivity index (χ2v) is 7.01. The fourth-order valence-corrected chi connectivity index (χ4v) is 3.60. The maximum atomic E-state index is 11.6. The largest absolute Gasteiger partial charge is 0.506 e. The van der Waals surface area contributed by atoms with E-state index in [1.807, 2.05) is 0 Å². The van der Waals surface area contributed by atoms with Crippen LogP contribution in [0.2, 0.25) is 0 Å². The number of anilines is 1. The van der Waals surface area contributed by atoms with E-state index in [0.29, 0.717) is 0 Å². The lowest BCUT2D eigenvalue weighted by Gasteiger charge is -2.05. The zero-order valence-corrected chi connectivity index (χ0v) is 10.2. The van der Waals surface area contributed by atoms with Crippen LogP contribution >= 0.6 is 0 Å². The predicted octanol–water partition coefficient (Wildman–Crippen LogP) is -0.364. The van der Waals surface area contributed by atoms with Gasteiger partial charge < -0.3 is 10.8 Å². The molecular weight excluding hydrogens is 270 g/mol. The number of sulfone groups is 1. The summed E-state index contributed by atoms with van der Waals surface area (Å²) in [4.78, 5) is -0.212. The Morgan fingerprint density at radius 2 is 1.71 bits per heavy atom. The van der Waals surface area contributed by atoms with Crippen molar-refractivity contribution in [3.05, 3.63) is 18.2 Å². The fourth-order valence-electron chi connectivity index (χ4n) is 1.06. The van der Waals surface area contributed by atoms with Crippen molar-refractivity contribution in [3.8, 4) is 5.75 Å². The average Bonchev–Trinajstić information content (AvgIpc) is 2.18. The summed E-state index contributed by atoms with van der Waals surface area (Å²) >= 11 is 0. The number of benzene rings is 1. The molecule has 9 heteroatoms. The molecule has 0 aliphatic rings. The molecule has 0 unspecified atom stereocenters. The van der Waals surface area contributed by atoms with Gasteiger partial charge in [-0.05, 0) is 18.2 Å². The van der Waals surface area contributed by atoms with Crippen LogP contribution in [0.5, 0.6) is 5.75 Å². The molecule has 0 saturated carbocycles. The summed E-state index contributed by atoms with van der Waals surface area (Å²) in [6.45, 7) is 0. The number of hydrogen-bond acceptors (Lipinski definition) is 6. The van der Waals surface area contributed by atoms with Crippen molar-refractivity contribution in [2.75, 3.05) is 17.2 Å². The first-order valence-corrected chi connectivity index (χ1v) is 7.64. The van der Waals surface area contributed by atoms with E-state index in [1.54, 1.807) is 0 Å². The van der Waals surface area contributed by atoms with Crippen LogP contribution < -0.4 is 5.73 Å². The molecule has 7 nitrogen and oxygen atoms in total. The second-order valence-electron chi connectivity index (χ2n) is 3.33. The zero-order valence-electron chi connectivity index (χ0n) is 8.57. The first kappa shape index (κ1) is 13.7. The lowest BCUT2D eigenvalue weighted by molar-refractivity contribution is 0.477. The highest BCUT2D eigenvalue weighted by molar-refractivity contribution is 7.93. The molecule has 0 atom stereocenters. The highest BCUT2D eigenvalue weighted by Gasteiger charge is 2.19. The van der Waals surface area contributed by atoms with E-state index in [4.69, 9.17) is 15.4 Å². The summed E-state index contributed by atoms with van der Waals surface area (Å²) in [5, 5.41) is 9.11. The minimum atomic E-state index is -4.34. The lowest BCUT2D eigenvalue weighted by atomic mass is 10.3. The van der Waals surface area contributed by atoms with E-state index >= 15 is 0 Å². The Bertz CT molecular complexity index is 619. The molecule has 0 amide bonds. The first-order chi connectivity index (χ1) is 7.62. The van der Waals surface area contributed by atoms with Gasteiger partial charge in [0.25, 0.3) is 10.1 Å². The number of aromatic hydroxyl groups is 1. The smallest absolute Gasteiger partial charge is 0.265 e. The lowest BCUT2D eigenvalue weighted by Crippen LogP contribution is -2.16. The zero-order chi connectivity index (χ0) is 13.3. The van der Waals surface area contributed by atoms with Crippen LogP contribution in [-0.2, 0) is 20.0 Å². The highest BCUT2D eigenvalue weighted by Crippen LogP contribution is 2.23. The number of hydrogen-bond donors (Lipinski definition) is 3. The summed E-state index contributed by atoms with van der Waals surface area (Å²) in [6.07, 6.45) is 0. The van der Waals surface area contributed by atoms with Gasteiger partial charge in [-0.3, -0.25) is 4.55 Å². The molecule has 1 aromatic rings. The molecule has 0 bridgehead atoms. The van der Waals surface area contributed by atoms with E-state index in [9.17, 15) is 16.8 Å². The minimum absolute atomic E-state index is 0.127. The summed E-state index contributed by atoms with van der Waals surface area (Å²) in [5.74, 6) is -1.91. The van der Waals surface area contributed by atoms with Crippen LogP contribution in [-0.4, -0.2) is 38.0 Å². The van der Waals surface area contributed by atoms with Gasteiger partial charge in [0.1, 0.15) is 5.75 Å². The highest BCUT2D eigenvalue weighted by atomic mass is 32.2. The van der Waals surface area contributed by atoms with Gasteiger partial charge in [0.2, 0.25) is 0 Å². The molecule has 0 fully saturated rings. The van der Waals surface area contributed by atoms with Crippen LogP contribution in [0.1, 0.15) is 0 Å². The Hall–Kier alpha value is -1.32. The Labute approximate surface area is 98.5 Å². The van der Waals surface area contributed by atoms with Crippen LogP contribution in [0.25, 0.3) is 0 Å².